The fraction of sp³-hybridized carbons (Fsp3) is 0.214. The van der Waals surface area contributed by atoms with E-state index in [1.54, 1.807) is 18.2 Å². The molecule has 19 heavy (non-hydrogen) atoms. The number of carbonyl (C=O) groups excluding carboxylic acids is 1. The lowest BCUT2D eigenvalue weighted by Crippen LogP contribution is -2.24. The monoisotopic (exact) mass is 296 g/mol. The molecule has 0 saturated heterocycles. The predicted molar refractivity (Wildman–Crippen MR) is 77.8 cm³/mol. The Balaban J connectivity index is 2.09. The SMILES string of the molecule is Cc1ccc(CNC(=O)c2cc(Cl)ccc2Cl)n1C. The van der Waals surface area contributed by atoms with Crippen LogP contribution in [0, 0.1) is 6.92 Å². The molecule has 0 saturated carbocycles. The van der Waals surface area contributed by atoms with Gasteiger partial charge in [0.25, 0.3) is 5.91 Å². The smallest absolute Gasteiger partial charge is 0.253 e. The molecule has 1 N–H and O–H groups in total. The van der Waals surface area contributed by atoms with Crippen molar-refractivity contribution in [2.24, 2.45) is 7.05 Å². The molecule has 3 nitrogen and oxygen atoms in total. The summed E-state index contributed by atoms with van der Waals surface area (Å²) in [5, 5.41) is 3.72. The van der Waals surface area contributed by atoms with Gasteiger partial charge < -0.3 is 9.88 Å². The normalized spacial score (nSPS) is 10.5. The molecule has 1 aromatic heterocycles. The predicted octanol–water partition coefficient (Wildman–Crippen LogP) is 3.57. The van der Waals surface area contributed by atoms with Gasteiger partial charge in [0.1, 0.15) is 0 Å². The Morgan fingerprint density at radius 3 is 2.63 bits per heavy atom. The molecule has 0 bridgehead atoms. The number of benzene rings is 1. The number of aryl methyl sites for hydroxylation is 1. The lowest BCUT2D eigenvalue weighted by Gasteiger charge is -2.09. The summed E-state index contributed by atoms with van der Waals surface area (Å²) in [6.45, 7) is 2.46. The number of nitrogens with zero attached hydrogens (tertiary/aromatic N) is 1. The Hall–Kier alpha value is -1.45. The van der Waals surface area contributed by atoms with Gasteiger partial charge in [0, 0.05) is 23.5 Å². The van der Waals surface area contributed by atoms with Crippen LogP contribution in [0.3, 0.4) is 0 Å². The lowest BCUT2D eigenvalue weighted by molar-refractivity contribution is 0.0950. The van der Waals surface area contributed by atoms with Crippen molar-refractivity contribution in [3.05, 3.63) is 57.3 Å². The summed E-state index contributed by atoms with van der Waals surface area (Å²) in [6.07, 6.45) is 0. The van der Waals surface area contributed by atoms with E-state index in [9.17, 15) is 4.79 Å². The second kappa shape index (κ2) is 5.68. The van der Waals surface area contributed by atoms with Gasteiger partial charge in [-0.15, -0.1) is 0 Å². The van der Waals surface area contributed by atoms with Crippen molar-refractivity contribution in [2.45, 2.75) is 13.5 Å². The van der Waals surface area contributed by atoms with E-state index in [0.29, 0.717) is 22.2 Å². The Morgan fingerprint density at radius 2 is 2.00 bits per heavy atom. The molecule has 0 radical (unpaired) electrons. The van der Waals surface area contributed by atoms with Gasteiger partial charge in [-0.25, -0.2) is 0 Å². The second-order valence-electron chi connectivity index (χ2n) is 4.33. The van der Waals surface area contributed by atoms with E-state index in [1.165, 1.54) is 0 Å². The molecule has 0 fully saturated rings. The third-order valence-corrected chi connectivity index (χ3v) is 3.64. The molecular weight excluding hydrogens is 283 g/mol. The van der Waals surface area contributed by atoms with Crippen LogP contribution in [0.4, 0.5) is 0 Å². The van der Waals surface area contributed by atoms with E-state index in [2.05, 4.69) is 5.32 Å². The van der Waals surface area contributed by atoms with Crippen LogP contribution in [-0.2, 0) is 13.6 Å². The summed E-state index contributed by atoms with van der Waals surface area (Å²) in [5.74, 6) is -0.230. The van der Waals surface area contributed by atoms with Crippen LogP contribution >= 0.6 is 23.2 Å². The lowest BCUT2D eigenvalue weighted by atomic mass is 10.2. The second-order valence-corrected chi connectivity index (χ2v) is 5.18. The third-order valence-electron chi connectivity index (χ3n) is 3.08. The summed E-state index contributed by atoms with van der Waals surface area (Å²) in [5.41, 5.74) is 2.56. The van der Waals surface area contributed by atoms with Crippen molar-refractivity contribution in [1.82, 2.24) is 9.88 Å². The maximum atomic E-state index is 12.0. The summed E-state index contributed by atoms with van der Waals surface area (Å²) in [7, 11) is 1.96. The summed E-state index contributed by atoms with van der Waals surface area (Å²) in [4.78, 5) is 12.0. The van der Waals surface area contributed by atoms with E-state index < -0.39 is 0 Å². The topological polar surface area (TPSA) is 34.0 Å². The van der Waals surface area contributed by atoms with E-state index >= 15 is 0 Å². The molecule has 5 heteroatoms. The van der Waals surface area contributed by atoms with Gasteiger partial charge in [-0.2, -0.15) is 0 Å². The van der Waals surface area contributed by atoms with E-state index in [4.69, 9.17) is 23.2 Å². The van der Waals surface area contributed by atoms with Gasteiger partial charge in [-0.1, -0.05) is 23.2 Å². The molecular formula is C14H14Cl2N2O. The molecule has 2 aromatic rings. The molecule has 1 aromatic carbocycles. The highest BCUT2D eigenvalue weighted by atomic mass is 35.5. The molecule has 100 valence electrons. The first-order valence-electron chi connectivity index (χ1n) is 5.83. The Kier molecular flexibility index (Phi) is 4.17. The molecule has 0 aliphatic heterocycles. The van der Waals surface area contributed by atoms with Gasteiger partial charge in [-0.3, -0.25) is 4.79 Å². The summed E-state index contributed by atoms with van der Waals surface area (Å²) >= 11 is 11.8. The fourth-order valence-corrected chi connectivity index (χ4v) is 2.16. The Bertz CT molecular complexity index is 620. The number of carbonyl (C=O) groups is 1. The molecule has 0 aliphatic rings. The van der Waals surface area contributed by atoms with Crippen molar-refractivity contribution in [1.29, 1.82) is 0 Å². The fourth-order valence-electron chi connectivity index (χ4n) is 1.78. The minimum Gasteiger partial charge on any atom is -0.350 e. The average molecular weight is 297 g/mol. The first kappa shape index (κ1) is 14.0. The van der Waals surface area contributed by atoms with Gasteiger partial charge >= 0.3 is 0 Å². The number of rotatable bonds is 3. The molecule has 0 unspecified atom stereocenters. The minimum absolute atomic E-state index is 0.230. The van der Waals surface area contributed by atoms with E-state index in [1.807, 2.05) is 30.7 Å². The van der Waals surface area contributed by atoms with Crippen molar-refractivity contribution >= 4 is 29.1 Å². The number of amides is 1. The van der Waals surface area contributed by atoms with Crippen LogP contribution in [0.5, 0.6) is 0 Å². The highest BCUT2D eigenvalue weighted by Gasteiger charge is 2.11. The Morgan fingerprint density at radius 1 is 1.26 bits per heavy atom. The molecule has 0 atom stereocenters. The highest BCUT2D eigenvalue weighted by molar-refractivity contribution is 6.35. The van der Waals surface area contributed by atoms with Crippen molar-refractivity contribution < 1.29 is 4.79 Å². The van der Waals surface area contributed by atoms with E-state index in [-0.39, 0.29) is 5.91 Å². The molecule has 0 spiro atoms. The quantitative estimate of drug-likeness (QED) is 0.923. The van der Waals surface area contributed by atoms with Crippen LogP contribution < -0.4 is 5.32 Å². The first-order valence-corrected chi connectivity index (χ1v) is 6.59. The van der Waals surface area contributed by atoms with Crippen LogP contribution in [-0.4, -0.2) is 10.5 Å². The zero-order chi connectivity index (χ0) is 14.0. The van der Waals surface area contributed by atoms with Crippen molar-refractivity contribution in [3.8, 4) is 0 Å². The van der Waals surface area contributed by atoms with Crippen LogP contribution in [0.1, 0.15) is 21.7 Å². The zero-order valence-electron chi connectivity index (χ0n) is 10.7. The number of hydrogen-bond donors (Lipinski definition) is 1. The molecule has 2 rings (SSSR count). The molecule has 1 heterocycles. The van der Waals surface area contributed by atoms with Crippen LogP contribution in [0.2, 0.25) is 10.0 Å². The van der Waals surface area contributed by atoms with Gasteiger partial charge in [0.05, 0.1) is 17.1 Å². The van der Waals surface area contributed by atoms with E-state index in [0.717, 1.165) is 11.4 Å². The number of hydrogen-bond acceptors (Lipinski definition) is 1. The summed E-state index contributed by atoms with van der Waals surface area (Å²) in [6, 6.07) is 8.82. The van der Waals surface area contributed by atoms with Crippen molar-refractivity contribution in [2.75, 3.05) is 0 Å². The Labute approximate surface area is 122 Å². The first-order chi connectivity index (χ1) is 8.99. The van der Waals surface area contributed by atoms with Crippen molar-refractivity contribution in [3.63, 3.8) is 0 Å². The third kappa shape index (κ3) is 3.11. The number of aromatic nitrogens is 1. The minimum atomic E-state index is -0.230. The number of nitrogens with one attached hydrogen (secondary N) is 1. The van der Waals surface area contributed by atoms with Crippen LogP contribution in [0.25, 0.3) is 0 Å². The summed E-state index contributed by atoms with van der Waals surface area (Å²) < 4.78 is 2.03. The van der Waals surface area contributed by atoms with Gasteiger partial charge in [0.15, 0.2) is 0 Å². The standard InChI is InChI=1S/C14H14Cl2N2O/c1-9-3-5-11(18(9)2)8-17-14(19)12-7-10(15)4-6-13(12)16/h3-7H,8H2,1-2H3,(H,17,19). The van der Waals surface area contributed by atoms with Crippen LogP contribution in [0.15, 0.2) is 30.3 Å². The average Bonchev–Trinajstić information content (AvgIpc) is 2.70. The zero-order valence-corrected chi connectivity index (χ0v) is 12.2. The molecule has 1 amide bonds. The largest absolute Gasteiger partial charge is 0.350 e. The van der Waals surface area contributed by atoms with Gasteiger partial charge in [-0.05, 0) is 37.3 Å². The highest BCUT2D eigenvalue weighted by Crippen LogP contribution is 2.20. The maximum absolute atomic E-state index is 12.0. The number of halogens is 2. The maximum Gasteiger partial charge on any atom is 0.253 e. The molecule has 0 aliphatic carbocycles. The van der Waals surface area contributed by atoms with Gasteiger partial charge in [0.2, 0.25) is 0 Å².